The van der Waals surface area contributed by atoms with Gasteiger partial charge in [-0.2, -0.15) is 0 Å². The first-order chi connectivity index (χ1) is 13.0. The Balaban J connectivity index is 1.64. The third kappa shape index (κ3) is 4.61. The molecular weight excluding hydrogens is 344 g/mol. The van der Waals surface area contributed by atoms with Gasteiger partial charge >= 0.3 is 5.97 Å². The molecule has 0 bridgehead atoms. The topological polar surface area (TPSA) is 103 Å². The maximum Gasteiger partial charge on any atom is 0.335 e. The molecule has 27 heavy (non-hydrogen) atoms. The molecule has 3 N–H and O–H groups in total. The average Bonchev–Trinajstić information content (AvgIpc) is 2.68. The number of aromatic hydroxyl groups is 1. The number of hydrogen-bond acceptors (Lipinski definition) is 4. The van der Waals surface area contributed by atoms with Crippen LogP contribution in [0.4, 0.5) is 0 Å². The summed E-state index contributed by atoms with van der Waals surface area (Å²) >= 11 is 0. The highest BCUT2D eigenvalue weighted by atomic mass is 16.4. The molecule has 1 aromatic heterocycles. The van der Waals surface area contributed by atoms with Gasteiger partial charge in [-0.1, -0.05) is 24.0 Å². The van der Waals surface area contributed by atoms with Crippen molar-refractivity contribution in [3.05, 3.63) is 93.2 Å². The third-order valence-electron chi connectivity index (χ3n) is 3.99. The van der Waals surface area contributed by atoms with Crippen LogP contribution < -0.4 is 5.56 Å². The fourth-order valence-electron chi connectivity index (χ4n) is 2.47. The second-order valence-corrected chi connectivity index (χ2v) is 5.86. The number of carboxylic acid groups (broad SMARTS) is 1. The van der Waals surface area contributed by atoms with Gasteiger partial charge in [0.05, 0.1) is 17.6 Å². The van der Waals surface area contributed by atoms with Crippen LogP contribution in [-0.2, 0) is 12.8 Å². The highest BCUT2D eigenvalue weighted by Crippen LogP contribution is 2.12. The van der Waals surface area contributed by atoms with Crippen LogP contribution in [0.2, 0.25) is 0 Å². The van der Waals surface area contributed by atoms with Crippen molar-refractivity contribution in [2.75, 3.05) is 0 Å². The summed E-state index contributed by atoms with van der Waals surface area (Å²) in [5, 5.41) is 18.6. The molecule has 0 aliphatic heterocycles. The maximum absolute atomic E-state index is 11.3. The Hall–Kier alpha value is -3.85. The zero-order valence-electron chi connectivity index (χ0n) is 14.3. The summed E-state index contributed by atoms with van der Waals surface area (Å²) in [4.78, 5) is 28.5. The highest BCUT2D eigenvalue weighted by molar-refractivity contribution is 5.87. The number of nitrogens with zero attached hydrogens (tertiary/aromatic N) is 1. The van der Waals surface area contributed by atoms with E-state index in [1.54, 1.807) is 12.1 Å². The Morgan fingerprint density at radius 1 is 0.963 bits per heavy atom. The van der Waals surface area contributed by atoms with Gasteiger partial charge in [0, 0.05) is 11.1 Å². The minimum Gasteiger partial charge on any atom is -0.502 e. The molecule has 0 fully saturated rings. The number of carboxylic acids is 1. The summed E-state index contributed by atoms with van der Waals surface area (Å²) < 4.78 is 0. The van der Waals surface area contributed by atoms with Crippen molar-refractivity contribution in [3.8, 4) is 17.6 Å². The highest BCUT2D eigenvalue weighted by Gasteiger charge is 2.06. The summed E-state index contributed by atoms with van der Waals surface area (Å²) in [6.07, 6.45) is 2.37. The van der Waals surface area contributed by atoms with Crippen LogP contribution in [-0.4, -0.2) is 26.2 Å². The van der Waals surface area contributed by atoms with E-state index >= 15 is 0 Å². The molecule has 0 amide bonds. The van der Waals surface area contributed by atoms with Gasteiger partial charge < -0.3 is 15.2 Å². The average molecular weight is 360 g/mol. The fraction of sp³-hybridized carbons (Fsp3) is 0.0952. The fourth-order valence-corrected chi connectivity index (χ4v) is 2.47. The third-order valence-corrected chi connectivity index (χ3v) is 3.99. The molecule has 0 saturated heterocycles. The molecule has 0 aliphatic rings. The molecule has 1 heterocycles. The van der Waals surface area contributed by atoms with Crippen LogP contribution in [0.3, 0.4) is 0 Å². The predicted octanol–water partition coefficient (Wildman–Crippen LogP) is 2.36. The first kappa shape index (κ1) is 18.0. The second kappa shape index (κ2) is 8.02. The Bertz CT molecular complexity index is 1070. The first-order valence-electron chi connectivity index (χ1n) is 8.23. The van der Waals surface area contributed by atoms with Gasteiger partial charge in [-0.3, -0.25) is 4.79 Å². The Labute approximate surface area is 155 Å². The Morgan fingerprint density at radius 3 is 2.15 bits per heavy atom. The monoisotopic (exact) mass is 360 g/mol. The second-order valence-electron chi connectivity index (χ2n) is 5.86. The Kier molecular flexibility index (Phi) is 5.33. The number of nitrogens with one attached hydrogen (secondary N) is 1. The minimum atomic E-state index is -0.964. The number of hydrogen-bond donors (Lipinski definition) is 3. The van der Waals surface area contributed by atoms with E-state index in [0.29, 0.717) is 18.5 Å². The van der Waals surface area contributed by atoms with Gasteiger partial charge in [-0.15, -0.1) is 0 Å². The lowest BCUT2D eigenvalue weighted by Gasteiger charge is -2.03. The van der Waals surface area contributed by atoms with Crippen molar-refractivity contribution >= 4 is 5.97 Å². The van der Waals surface area contributed by atoms with E-state index in [1.807, 2.05) is 24.3 Å². The van der Waals surface area contributed by atoms with Crippen LogP contribution in [0, 0.1) is 11.8 Å². The molecule has 6 heteroatoms. The zero-order chi connectivity index (χ0) is 19.2. The lowest BCUT2D eigenvalue weighted by molar-refractivity contribution is 0.0697. The molecule has 134 valence electrons. The summed E-state index contributed by atoms with van der Waals surface area (Å²) in [6, 6.07) is 14.0. The van der Waals surface area contributed by atoms with E-state index in [4.69, 9.17) is 5.11 Å². The SMILES string of the molecule is O=C(O)c1ccc(C#Cc2ccc(CCc3nc[nH]c(=O)c3O)cc2)cc1. The number of aryl methyl sites for hydroxylation is 2. The molecule has 0 spiro atoms. The summed E-state index contributed by atoms with van der Waals surface area (Å²) in [5.41, 5.74) is 2.66. The van der Waals surface area contributed by atoms with Crippen LogP contribution in [0.1, 0.15) is 32.7 Å². The van der Waals surface area contributed by atoms with Crippen LogP contribution in [0.15, 0.2) is 59.7 Å². The van der Waals surface area contributed by atoms with Gasteiger partial charge in [-0.25, -0.2) is 9.78 Å². The minimum absolute atomic E-state index is 0.228. The number of rotatable bonds is 4. The van der Waals surface area contributed by atoms with Crippen molar-refractivity contribution < 1.29 is 15.0 Å². The first-order valence-corrected chi connectivity index (χ1v) is 8.23. The van der Waals surface area contributed by atoms with Gasteiger partial charge in [0.1, 0.15) is 0 Å². The van der Waals surface area contributed by atoms with E-state index in [0.717, 1.165) is 16.7 Å². The van der Waals surface area contributed by atoms with Gasteiger partial charge in [0.25, 0.3) is 5.56 Å². The number of carbonyl (C=O) groups is 1. The summed E-state index contributed by atoms with van der Waals surface area (Å²) in [7, 11) is 0. The summed E-state index contributed by atoms with van der Waals surface area (Å²) in [5.74, 6) is 4.72. The quantitative estimate of drug-likeness (QED) is 0.620. The van der Waals surface area contributed by atoms with Crippen LogP contribution in [0.25, 0.3) is 0 Å². The molecule has 0 aliphatic carbocycles. The number of aromatic carboxylic acids is 1. The number of aromatic amines is 1. The number of H-pyrrole nitrogens is 1. The van der Waals surface area contributed by atoms with Crippen molar-refractivity contribution in [3.63, 3.8) is 0 Å². The molecule has 3 aromatic rings. The van der Waals surface area contributed by atoms with Gasteiger partial charge in [-0.05, 0) is 54.8 Å². The molecule has 0 atom stereocenters. The molecule has 0 unspecified atom stereocenters. The summed E-state index contributed by atoms with van der Waals surface area (Å²) in [6.45, 7) is 0. The smallest absolute Gasteiger partial charge is 0.335 e. The van der Waals surface area contributed by atoms with Crippen molar-refractivity contribution in [1.82, 2.24) is 9.97 Å². The standard InChI is InChI=1S/C21H16N2O4/c24-19-18(22-13-23-20(19)25)12-9-15-4-1-14(2-5-15)3-6-16-7-10-17(11-8-16)21(26)27/h1-2,4-5,7-8,10-11,13,24H,9,12H2,(H,26,27)(H,22,23,25). The van der Waals surface area contributed by atoms with E-state index in [1.165, 1.54) is 18.5 Å². The normalized spacial score (nSPS) is 10.1. The number of benzene rings is 2. The van der Waals surface area contributed by atoms with Crippen molar-refractivity contribution in [2.45, 2.75) is 12.8 Å². The number of aromatic nitrogens is 2. The van der Waals surface area contributed by atoms with E-state index in [9.17, 15) is 14.7 Å². The van der Waals surface area contributed by atoms with Gasteiger partial charge in [0.15, 0.2) is 0 Å². The van der Waals surface area contributed by atoms with Gasteiger partial charge in [0.2, 0.25) is 5.75 Å². The lowest BCUT2D eigenvalue weighted by atomic mass is 10.1. The molecule has 2 aromatic carbocycles. The Morgan fingerprint density at radius 2 is 1.56 bits per heavy atom. The van der Waals surface area contributed by atoms with Crippen LogP contribution >= 0.6 is 0 Å². The van der Waals surface area contributed by atoms with E-state index in [-0.39, 0.29) is 11.3 Å². The molecule has 0 saturated carbocycles. The molecule has 3 rings (SSSR count). The zero-order valence-corrected chi connectivity index (χ0v) is 14.3. The van der Waals surface area contributed by atoms with Crippen molar-refractivity contribution in [1.29, 1.82) is 0 Å². The molecule has 6 nitrogen and oxygen atoms in total. The molecular formula is C21H16N2O4. The maximum atomic E-state index is 11.3. The predicted molar refractivity (Wildman–Crippen MR) is 99.8 cm³/mol. The largest absolute Gasteiger partial charge is 0.502 e. The van der Waals surface area contributed by atoms with E-state index in [2.05, 4.69) is 21.8 Å². The van der Waals surface area contributed by atoms with E-state index < -0.39 is 11.5 Å². The molecule has 0 radical (unpaired) electrons. The lowest BCUT2D eigenvalue weighted by Crippen LogP contribution is -2.09. The van der Waals surface area contributed by atoms with Crippen molar-refractivity contribution in [2.24, 2.45) is 0 Å². The van der Waals surface area contributed by atoms with Crippen LogP contribution in [0.5, 0.6) is 5.75 Å².